The highest BCUT2D eigenvalue weighted by Gasteiger charge is 2.39. The summed E-state index contributed by atoms with van der Waals surface area (Å²) >= 11 is 18.6. The predicted octanol–water partition coefficient (Wildman–Crippen LogP) is 3.94. The molecular weight excluding hydrogens is 421 g/mol. The van der Waals surface area contributed by atoms with Crippen molar-refractivity contribution in [3.63, 3.8) is 0 Å². The quantitative estimate of drug-likeness (QED) is 0.712. The molecule has 0 aliphatic carbocycles. The maximum atomic E-state index is 12.7. The van der Waals surface area contributed by atoms with Gasteiger partial charge in [0.1, 0.15) is 11.9 Å². The van der Waals surface area contributed by atoms with Crippen LogP contribution in [0.15, 0.2) is 54.6 Å². The number of ether oxygens (including phenoxy) is 1. The second-order valence-corrected chi connectivity index (χ2v) is 8.87. The van der Waals surface area contributed by atoms with Gasteiger partial charge in [0.25, 0.3) is 5.91 Å². The largest absolute Gasteiger partial charge is 0.497 e. The van der Waals surface area contributed by atoms with E-state index in [1.165, 1.54) is 0 Å². The molecule has 1 saturated heterocycles. The van der Waals surface area contributed by atoms with Gasteiger partial charge in [0.2, 0.25) is 3.79 Å². The number of piperazine rings is 1. The summed E-state index contributed by atoms with van der Waals surface area (Å²) in [5, 5.41) is 2.87. The lowest BCUT2D eigenvalue weighted by atomic mass is 10.2. The van der Waals surface area contributed by atoms with Crippen molar-refractivity contribution >= 4 is 46.4 Å². The van der Waals surface area contributed by atoms with Crippen LogP contribution in [0.4, 0.5) is 5.69 Å². The van der Waals surface area contributed by atoms with Gasteiger partial charge in [-0.15, -0.1) is 0 Å². The minimum Gasteiger partial charge on any atom is -0.497 e. The molecule has 3 rings (SSSR count). The first kappa shape index (κ1) is 21.1. The van der Waals surface area contributed by atoms with Crippen molar-refractivity contribution in [2.24, 2.45) is 0 Å². The Morgan fingerprint density at radius 3 is 2.14 bits per heavy atom. The number of hydrogen-bond acceptors (Lipinski definition) is 4. The number of methoxy groups -OCH3 is 1. The summed E-state index contributed by atoms with van der Waals surface area (Å²) in [4.78, 5) is 16.9. The zero-order valence-corrected chi connectivity index (χ0v) is 17.7. The number of rotatable bonds is 5. The van der Waals surface area contributed by atoms with Crippen LogP contribution in [-0.2, 0) is 0 Å². The molecule has 0 radical (unpaired) electrons. The van der Waals surface area contributed by atoms with E-state index in [2.05, 4.69) is 22.3 Å². The van der Waals surface area contributed by atoms with E-state index in [4.69, 9.17) is 39.5 Å². The third-order valence-corrected chi connectivity index (χ3v) is 5.35. The van der Waals surface area contributed by atoms with Crippen molar-refractivity contribution < 1.29 is 9.53 Å². The van der Waals surface area contributed by atoms with E-state index in [1.807, 2.05) is 23.1 Å². The molecule has 1 aliphatic heterocycles. The van der Waals surface area contributed by atoms with Gasteiger partial charge >= 0.3 is 0 Å². The minimum atomic E-state index is -1.66. The smallest absolute Gasteiger partial charge is 0.252 e. The van der Waals surface area contributed by atoms with Crippen LogP contribution in [0.5, 0.6) is 5.75 Å². The van der Waals surface area contributed by atoms with Gasteiger partial charge in [-0.1, -0.05) is 53.0 Å². The summed E-state index contributed by atoms with van der Waals surface area (Å²) < 4.78 is 3.46. The molecule has 1 N–H and O–H groups in total. The molecule has 1 amide bonds. The number of alkyl halides is 3. The topological polar surface area (TPSA) is 44.8 Å². The average Bonchev–Trinajstić information content (AvgIpc) is 2.72. The van der Waals surface area contributed by atoms with Crippen molar-refractivity contribution in [1.82, 2.24) is 10.2 Å². The molecule has 1 aliphatic rings. The second-order valence-electron chi connectivity index (χ2n) is 6.50. The molecule has 28 heavy (non-hydrogen) atoms. The first-order valence-electron chi connectivity index (χ1n) is 8.94. The van der Waals surface area contributed by atoms with Crippen LogP contribution in [0, 0.1) is 0 Å². The zero-order valence-electron chi connectivity index (χ0n) is 15.4. The molecule has 2 aromatic carbocycles. The van der Waals surface area contributed by atoms with Gasteiger partial charge in [0.05, 0.1) is 7.11 Å². The van der Waals surface area contributed by atoms with Gasteiger partial charge < -0.3 is 15.0 Å². The number of amides is 1. The number of carbonyl (C=O) groups excluding carboxylic acids is 1. The van der Waals surface area contributed by atoms with Crippen molar-refractivity contribution in [2.75, 3.05) is 38.2 Å². The number of benzene rings is 2. The summed E-state index contributed by atoms with van der Waals surface area (Å²) in [5.41, 5.74) is 1.64. The second kappa shape index (κ2) is 9.23. The Morgan fingerprint density at radius 1 is 1.00 bits per heavy atom. The molecule has 1 unspecified atom stereocenters. The lowest BCUT2D eigenvalue weighted by Gasteiger charge is -2.42. The minimum absolute atomic E-state index is 0.301. The number of nitrogens with one attached hydrogen (secondary N) is 1. The first-order valence-corrected chi connectivity index (χ1v) is 10.1. The first-order chi connectivity index (χ1) is 13.4. The maximum Gasteiger partial charge on any atom is 0.252 e. The zero-order chi connectivity index (χ0) is 20.1. The molecule has 0 saturated carbocycles. The third-order valence-electron chi connectivity index (χ3n) is 4.73. The fourth-order valence-corrected chi connectivity index (χ4v) is 3.78. The standard InChI is InChI=1S/C20H22Cl3N3O2/c1-28-17-9-7-15(8-10-17)18(27)24-19(20(21,22)23)26-13-11-25(12-14-26)16-5-3-2-4-6-16/h2-10,19H,11-14H2,1H3,(H,24,27). The predicted molar refractivity (Wildman–Crippen MR) is 115 cm³/mol. The van der Waals surface area contributed by atoms with E-state index >= 15 is 0 Å². The molecule has 0 bridgehead atoms. The van der Waals surface area contributed by atoms with E-state index in [0.29, 0.717) is 24.4 Å². The summed E-state index contributed by atoms with van der Waals surface area (Å²) in [5.74, 6) is 0.371. The van der Waals surface area contributed by atoms with Gasteiger partial charge in [0.15, 0.2) is 0 Å². The Hall–Kier alpha value is -1.66. The van der Waals surface area contributed by atoms with E-state index in [1.54, 1.807) is 31.4 Å². The maximum absolute atomic E-state index is 12.7. The lowest BCUT2D eigenvalue weighted by molar-refractivity contribution is 0.0841. The number of halogens is 3. The summed E-state index contributed by atoms with van der Waals surface area (Å²) in [6.07, 6.45) is -0.731. The van der Waals surface area contributed by atoms with Crippen LogP contribution >= 0.6 is 34.8 Å². The summed E-state index contributed by atoms with van der Waals surface area (Å²) in [6, 6.07) is 17.0. The average molecular weight is 443 g/mol. The number of nitrogens with zero attached hydrogens (tertiary/aromatic N) is 2. The molecule has 5 nitrogen and oxygen atoms in total. The SMILES string of the molecule is COc1ccc(C(=O)NC(N2CCN(c3ccccc3)CC2)C(Cl)(Cl)Cl)cc1. The van der Waals surface area contributed by atoms with Crippen molar-refractivity contribution in [2.45, 2.75) is 9.96 Å². The Labute approximate surface area is 180 Å². The van der Waals surface area contributed by atoms with Gasteiger partial charge in [-0.3, -0.25) is 9.69 Å². The molecule has 150 valence electrons. The molecule has 0 aromatic heterocycles. The van der Waals surface area contributed by atoms with Crippen LogP contribution in [0.2, 0.25) is 0 Å². The highest BCUT2D eigenvalue weighted by molar-refractivity contribution is 6.68. The van der Waals surface area contributed by atoms with Crippen LogP contribution in [-0.4, -0.2) is 54.1 Å². The van der Waals surface area contributed by atoms with E-state index in [9.17, 15) is 4.79 Å². The normalized spacial score (nSPS) is 16.5. The highest BCUT2D eigenvalue weighted by Crippen LogP contribution is 2.33. The van der Waals surface area contributed by atoms with Crippen LogP contribution in [0.3, 0.4) is 0 Å². The summed E-state index contributed by atoms with van der Waals surface area (Å²) in [6.45, 7) is 2.88. The molecule has 0 spiro atoms. The van der Waals surface area contributed by atoms with Crippen LogP contribution in [0.1, 0.15) is 10.4 Å². The van der Waals surface area contributed by atoms with Gasteiger partial charge in [-0.2, -0.15) is 0 Å². The van der Waals surface area contributed by atoms with E-state index in [-0.39, 0.29) is 5.91 Å². The Balaban J connectivity index is 1.66. The molecule has 1 heterocycles. The fraction of sp³-hybridized carbons (Fsp3) is 0.350. The van der Waals surface area contributed by atoms with Gasteiger partial charge in [0, 0.05) is 37.4 Å². The van der Waals surface area contributed by atoms with Crippen molar-refractivity contribution in [3.8, 4) is 5.75 Å². The fourth-order valence-electron chi connectivity index (χ4n) is 3.21. The number of para-hydroxylation sites is 1. The van der Waals surface area contributed by atoms with Gasteiger partial charge in [-0.05, 0) is 36.4 Å². The molecule has 1 fully saturated rings. The van der Waals surface area contributed by atoms with E-state index < -0.39 is 9.96 Å². The Bertz CT molecular complexity index is 774. The number of hydrogen-bond donors (Lipinski definition) is 1. The number of carbonyl (C=O) groups is 1. The van der Waals surface area contributed by atoms with Gasteiger partial charge in [-0.25, -0.2) is 0 Å². The third kappa shape index (κ3) is 5.23. The Kier molecular flexibility index (Phi) is 6.94. The highest BCUT2D eigenvalue weighted by atomic mass is 35.6. The number of anilines is 1. The lowest BCUT2D eigenvalue weighted by Crippen LogP contribution is -2.60. The van der Waals surface area contributed by atoms with Crippen LogP contribution < -0.4 is 15.0 Å². The monoisotopic (exact) mass is 441 g/mol. The molecular formula is C20H22Cl3N3O2. The molecule has 1 atom stereocenters. The summed E-state index contributed by atoms with van der Waals surface area (Å²) in [7, 11) is 1.57. The molecule has 8 heteroatoms. The Morgan fingerprint density at radius 2 is 1.61 bits per heavy atom. The van der Waals surface area contributed by atoms with E-state index in [0.717, 1.165) is 18.8 Å². The molecule has 2 aromatic rings. The van der Waals surface area contributed by atoms with Crippen molar-refractivity contribution in [1.29, 1.82) is 0 Å². The van der Waals surface area contributed by atoms with Crippen molar-refractivity contribution in [3.05, 3.63) is 60.2 Å². The van der Waals surface area contributed by atoms with Crippen LogP contribution in [0.25, 0.3) is 0 Å².